The number of hydrogen-bond donors (Lipinski definition) is 1. The van der Waals surface area contributed by atoms with Crippen LogP contribution in [0.4, 0.5) is 10.1 Å². The molecule has 0 heterocycles. The Morgan fingerprint density at radius 1 is 1.31 bits per heavy atom. The van der Waals surface area contributed by atoms with Crippen LogP contribution in [0.3, 0.4) is 0 Å². The summed E-state index contributed by atoms with van der Waals surface area (Å²) in [6.45, 7) is 0. The van der Waals surface area contributed by atoms with Gasteiger partial charge < -0.3 is 5.73 Å². The Morgan fingerprint density at radius 3 is 2.69 bits per heavy atom. The lowest BCUT2D eigenvalue weighted by molar-refractivity contribution is -0.384. The molecule has 2 aromatic carbocycles. The molecule has 7 heteroatoms. The molecular formula is C19H16FN3O2S. The molecule has 0 unspecified atom stereocenters. The van der Waals surface area contributed by atoms with Crippen LogP contribution in [0.25, 0.3) is 0 Å². The highest BCUT2D eigenvalue weighted by molar-refractivity contribution is 7.99. The molecule has 0 amide bonds. The lowest BCUT2D eigenvalue weighted by Crippen LogP contribution is -2.01. The van der Waals surface area contributed by atoms with Gasteiger partial charge in [0, 0.05) is 52.9 Å². The molecule has 132 valence electrons. The predicted octanol–water partition coefficient (Wildman–Crippen LogP) is 3.77. The van der Waals surface area contributed by atoms with E-state index in [1.807, 2.05) is 0 Å². The van der Waals surface area contributed by atoms with E-state index in [9.17, 15) is 14.5 Å². The van der Waals surface area contributed by atoms with Gasteiger partial charge in [0.2, 0.25) is 0 Å². The maximum absolute atomic E-state index is 13.0. The van der Waals surface area contributed by atoms with E-state index in [0.29, 0.717) is 22.6 Å². The van der Waals surface area contributed by atoms with Crippen molar-refractivity contribution >= 4 is 23.7 Å². The van der Waals surface area contributed by atoms with E-state index in [1.165, 1.54) is 36.0 Å². The summed E-state index contributed by atoms with van der Waals surface area (Å²) in [6.07, 6.45) is 3.29. The van der Waals surface area contributed by atoms with Crippen molar-refractivity contribution in [3.8, 4) is 11.8 Å². The van der Waals surface area contributed by atoms with Crippen LogP contribution < -0.4 is 5.73 Å². The molecule has 0 aliphatic rings. The monoisotopic (exact) mass is 369 g/mol. The zero-order chi connectivity index (χ0) is 18.9. The minimum atomic E-state index is -0.469. The third-order valence-corrected chi connectivity index (χ3v) is 4.34. The number of nitro benzene ring substituents is 1. The second-order valence-corrected chi connectivity index (χ2v) is 6.15. The van der Waals surface area contributed by atoms with Gasteiger partial charge in [-0.2, -0.15) is 0 Å². The van der Waals surface area contributed by atoms with Crippen molar-refractivity contribution in [2.75, 3.05) is 12.8 Å². The zero-order valence-electron chi connectivity index (χ0n) is 14.0. The number of thioether (sulfide) groups is 1. The van der Waals surface area contributed by atoms with E-state index in [1.54, 1.807) is 37.5 Å². The molecule has 0 atom stereocenters. The molecule has 5 nitrogen and oxygen atoms in total. The number of benzene rings is 2. The normalized spacial score (nSPS) is 11.2. The molecule has 2 aromatic rings. The fraction of sp³-hybridized carbons (Fsp3) is 0.105. The van der Waals surface area contributed by atoms with E-state index in [4.69, 9.17) is 5.73 Å². The summed E-state index contributed by atoms with van der Waals surface area (Å²) in [6, 6.07) is 10.2. The van der Waals surface area contributed by atoms with E-state index in [-0.39, 0.29) is 11.5 Å². The van der Waals surface area contributed by atoms with Gasteiger partial charge in [0.05, 0.1) is 4.92 Å². The van der Waals surface area contributed by atoms with Crippen LogP contribution >= 0.6 is 11.8 Å². The third kappa shape index (κ3) is 5.76. The van der Waals surface area contributed by atoms with E-state index < -0.39 is 4.92 Å². The fourth-order valence-electron chi connectivity index (χ4n) is 1.91. The van der Waals surface area contributed by atoms with Crippen molar-refractivity contribution in [3.05, 3.63) is 81.3 Å². The molecule has 0 aromatic heterocycles. The number of nitrogens with two attached hydrogens (primary N) is 1. The molecular weight excluding hydrogens is 353 g/mol. The van der Waals surface area contributed by atoms with Gasteiger partial charge in [-0.25, -0.2) is 4.39 Å². The van der Waals surface area contributed by atoms with Crippen molar-refractivity contribution in [3.63, 3.8) is 0 Å². The van der Waals surface area contributed by atoms with E-state index in [0.717, 1.165) is 4.90 Å². The van der Waals surface area contributed by atoms with Crippen molar-refractivity contribution in [2.24, 2.45) is 10.7 Å². The average molecular weight is 369 g/mol. The van der Waals surface area contributed by atoms with Crippen molar-refractivity contribution < 1.29 is 9.31 Å². The highest BCUT2D eigenvalue weighted by Crippen LogP contribution is 2.27. The lowest BCUT2D eigenvalue weighted by atomic mass is 10.1. The van der Waals surface area contributed by atoms with Crippen LogP contribution in [0, 0.1) is 27.8 Å². The first-order valence-electron chi connectivity index (χ1n) is 7.55. The number of nitrogens with zero attached hydrogens (tertiary/aromatic N) is 2. The molecule has 2 N–H and O–H groups in total. The van der Waals surface area contributed by atoms with Gasteiger partial charge in [-0.05, 0) is 36.4 Å². The number of hydrogen-bond acceptors (Lipinski definition) is 5. The van der Waals surface area contributed by atoms with Crippen molar-refractivity contribution in [1.82, 2.24) is 0 Å². The van der Waals surface area contributed by atoms with Gasteiger partial charge in [-0.1, -0.05) is 11.8 Å². The number of halogens is 1. The first-order valence-corrected chi connectivity index (χ1v) is 8.54. The van der Waals surface area contributed by atoms with Crippen LogP contribution in [0.1, 0.15) is 11.1 Å². The first-order chi connectivity index (χ1) is 12.5. The molecule has 0 spiro atoms. The highest BCUT2D eigenvalue weighted by Gasteiger charge is 2.10. The molecule has 26 heavy (non-hydrogen) atoms. The fourth-order valence-corrected chi connectivity index (χ4v) is 2.76. The van der Waals surface area contributed by atoms with Crippen LogP contribution in [-0.2, 0) is 0 Å². The van der Waals surface area contributed by atoms with E-state index in [2.05, 4.69) is 16.8 Å². The standard InChI is InChI=1S/C19H16FN3O2S/c1-22-11-10-17(21)13-26-19-9-8-18(23(24)25)12-15(19)5-2-14-3-6-16(20)7-4-14/h3-4,6-12H,13,21H2,1H3/b17-10-,22-11?. The summed E-state index contributed by atoms with van der Waals surface area (Å²) < 4.78 is 13.0. The third-order valence-electron chi connectivity index (χ3n) is 3.19. The van der Waals surface area contributed by atoms with Gasteiger partial charge in [0.15, 0.2) is 0 Å². The molecule has 0 fully saturated rings. The average Bonchev–Trinajstić information content (AvgIpc) is 2.64. The quantitative estimate of drug-likeness (QED) is 0.286. The lowest BCUT2D eigenvalue weighted by Gasteiger charge is -2.05. The first kappa shape index (κ1) is 19.2. The second kappa shape index (κ2) is 9.39. The summed E-state index contributed by atoms with van der Waals surface area (Å²) >= 11 is 1.42. The van der Waals surface area contributed by atoms with Gasteiger partial charge in [0.25, 0.3) is 5.69 Å². The topological polar surface area (TPSA) is 81.5 Å². The van der Waals surface area contributed by atoms with Gasteiger partial charge in [-0.15, -0.1) is 11.8 Å². The molecule has 0 saturated heterocycles. The smallest absolute Gasteiger partial charge is 0.270 e. The van der Waals surface area contributed by atoms with Crippen LogP contribution in [-0.4, -0.2) is 23.9 Å². The Morgan fingerprint density at radius 2 is 2.04 bits per heavy atom. The Bertz CT molecular complexity index is 913. The number of allylic oxidation sites excluding steroid dienone is 1. The number of aliphatic imine (C=N–C) groups is 1. The van der Waals surface area contributed by atoms with Crippen molar-refractivity contribution in [2.45, 2.75) is 4.90 Å². The minimum absolute atomic E-state index is 0.0422. The molecule has 0 saturated carbocycles. The SMILES string of the molecule is CN=C/C=C(\N)CSc1ccc([N+](=O)[O-])cc1C#Cc1ccc(F)cc1. The largest absolute Gasteiger partial charge is 0.401 e. The van der Waals surface area contributed by atoms with E-state index >= 15 is 0 Å². The van der Waals surface area contributed by atoms with Crippen LogP contribution in [0.5, 0.6) is 0 Å². The van der Waals surface area contributed by atoms with Crippen molar-refractivity contribution in [1.29, 1.82) is 0 Å². The van der Waals surface area contributed by atoms with Gasteiger partial charge in [-0.3, -0.25) is 15.1 Å². The maximum atomic E-state index is 13.0. The summed E-state index contributed by atoms with van der Waals surface area (Å²) in [4.78, 5) is 15.2. The van der Waals surface area contributed by atoms with Crippen LogP contribution in [0.2, 0.25) is 0 Å². The Hall–Kier alpha value is -3.11. The molecule has 0 bridgehead atoms. The summed E-state index contributed by atoms with van der Waals surface area (Å²) in [7, 11) is 1.65. The predicted molar refractivity (Wildman–Crippen MR) is 103 cm³/mol. The summed E-state index contributed by atoms with van der Waals surface area (Å²) in [5.74, 6) is 5.97. The number of rotatable bonds is 5. The molecule has 0 radical (unpaired) electrons. The van der Waals surface area contributed by atoms with Gasteiger partial charge >= 0.3 is 0 Å². The molecule has 0 aliphatic heterocycles. The molecule has 0 aliphatic carbocycles. The zero-order valence-corrected chi connectivity index (χ0v) is 14.8. The minimum Gasteiger partial charge on any atom is -0.401 e. The number of nitro groups is 1. The Kier molecular flexibility index (Phi) is 6.94. The molecule has 2 rings (SSSR count). The maximum Gasteiger partial charge on any atom is 0.270 e. The van der Waals surface area contributed by atoms with Gasteiger partial charge in [0.1, 0.15) is 5.82 Å². The Labute approximate surface area is 155 Å². The summed E-state index contributed by atoms with van der Waals surface area (Å²) in [5, 5.41) is 11.0. The Balaban J connectivity index is 2.30. The number of non-ortho nitro benzene ring substituents is 1. The summed E-state index contributed by atoms with van der Waals surface area (Å²) in [5.41, 5.74) is 7.60. The second-order valence-electron chi connectivity index (χ2n) is 5.13. The highest BCUT2D eigenvalue weighted by atomic mass is 32.2. The van der Waals surface area contributed by atoms with Crippen LogP contribution in [0.15, 0.2) is 64.1 Å².